The minimum atomic E-state index is 0.445. The van der Waals surface area contributed by atoms with E-state index in [2.05, 4.69) is 38.2 Å². The summed E-state index contributed by atoms with van der Waals surface area (Å²) in [5, 5.41) is 3.92. The van der Waals surface area contributed by atoms with E-state index in [4.69, 9.17) is 0 Å². The van der Waals surface area contributed by atoms with Gasteiger partial charge >= 0.3 is 0 Å². The van der Waals surface area contributed by atoms with E-state index in [-0.39, 0.29) is 0 Å². The van der Waals surface area contributed by atoms with Crippen molar-refractivity contribution in [3.63, 3.8) is 0 Å². The van der Waals surface area contributed by atoms with Crippen LogP contribution in [0.1, 0.15) is 58.8 Å². The molecule has 0 heterocycles. The van der Waals surface area contributed by atoms with Crippen molar-refractivity contribution in [2.45, 2.75) is 70.4 Å². The minimum absolute atomic E-state index is 0.445. The van der Waals surface area contributed by atoms with Crippen LogP contribution in [0.25, 0.3) is 0 Å². The lowest BCUT2D eigenvalue weighted by Crippen LogP contribution is -2.53. The fraction of sp³-hybridized carbons (Fsp3) is 1.00. The van der Waals surface area contributed by atoms with Crippen molar-refractivity contribution in [1.29, 1.82) is 0 Å². The lowest BCUT2D eigenvalue weighted by molar-refractivity contribution is 0.128. The molecule has 2 nitrogen and oxygen atoms in total. The molecule has 2 rings (SSSR count). The van der Waals surface area contributed by atoms with E-state index in [9.17, 15) is 0 Å². The van der Waals surface area contributed by atoms with Gasteiger partial charge < -0.3 is 10.2 Å². The van der Waals surface area contributed by atoms with Gasteiger partial charge in [-0.1, -0.05) is 39.5 Å². The summed E-state index contributed by atoms with van der Waals surface area (Å²) in [5.41, 5.74) is 0.445. The van der Waals surface area contributed by atoms with Gasteiger partial charge in [-0.15, -0.1) is 0 Å². The molecule has 0 aromatic carbocycles. The van der Waals surface area contributed by atoms with Crippen molar-refractivity contribution in [2.24, 2.45) is 11.8 Å². The highest BCUT2D eigenvalue weighted by Gasteiger charge is 2.37. The maximum absolute atomic E-state index is 3.92. The Morgan fingerprint density at radius 3 is 2.33 bits per heavy atom. The number of hydrogen-bond acceptors (Lipinski definition) is 2. The van der Waals surface area contributed by atoms with E-state index in [0.717, 1.165) is 17.9 Å². The molecular formula is C16H32N2. The Kier molecular flexibility index (Phi) is 4.71. The Labute approximate surface area is 114 Å². The second-order valence-electron chi connectivity index (χ2n) is 7.08. The third kappa shape index (κ3) is 2.91. The summed E-state index contributed by atoms with van der Waals surface area (Å²) >= 11 is 0. The third-order valence-corrected chi connectivity index (χ3v) is 5.88. The molecule has 0 bridgehead atoms. The largest absolute Gasteiger partial charge is 0.312 e. The first-order valence-electron chi connectivity index (χ1n) is 7.96. The standard InChI is InChI=1S/C16H32N2/c1-13-8-7-9-15(14(13)2)17-12-16(18(3)4)10-5-6-11-16/h13-15,17H,5-12H2,1-4H3. The predicted octanol–water partition coefficient (Wildman–Crippen LogP) is 3.28. The molecule has 2 saturated carbocycles. The average molecular weight is 252 g/mol. The highest BCUT2D eigenvalue weighted by Crippen LogP contribution is 2.34. The van der Waals surface area contributed by atoms with E-state index < -0.39 is 0 Å². The number of hydrogen-bond donors (Lipinski definition) is 1. The fourth-order valence-electron chi connectivity index (χ4n) is 4.01. The van der Waals surface area contributed by atoms with Gasteiger partial charge in [-0.25, -0.2) is 0 Å². The van der Waals surface area contributed by atoms with Crippen molar-refractivity contribution in [2.75, 3.05) is 20.6 Å². The Bertz CT molecular complexity index is 256. The normalized spacial score (nSPS) is 36.2. The number of likely N-dealkylation sites (N-methyl/N-ethyl adjacent to an activating group) is 1. The van der Waals surface area contributed by atoms with E-state index in [1.165, 1.54) is 51.5 Å². The van der Waals surface area contributed by atoms with Gasteiger partial charge in [0.05, 0.1) is 0 Å². The second-order valence-corrected chi connectivity index (χ2v) is 7.08. The number of rotatable bonds is 4. The van der Waals surface area contributed by atoms with Crippen LogP contribution in [0.2, 0.25) is 0 Å². The highest BCUT2D eigenvalue weighted by molar-refractivity contribution is 4.96. The second kappa shape index (κ2) is 5.92. The van der Waals surface area contributed by atoms with Crippen LogP contribution in [0.3, 0.4) is 0 Å². The van der Waals surface area contributed by atoms with E-state index in [1.807, 2.05) is 0 Å². The molecule has 2 heteroatoms. The van der Waals surface area contributed by atoms with Crippen molar-refractivity contribution in [3.8, 4) is 0 Å². The van der Waals surface area contributed by atoms with Crippen LogP contribution >= 0.6 is 0 Å². The van der Waals surface area contributed by atoms with Crippen molar-refractivity contribution in [1.82, 2.24) is 10.2 Å². The maximum Gasteiger partial charge on any atom is 0.0327 e. The maximum atomic E-state index is 3.92. The molecule has 0 spiro atoms. The molecule has 0 amide bonds. The molecule has 2 fully saturated rings. The van der Waals surface area contributed by atoms with Gasteiger partial charge in [-0.05, 0) is 45.2 Å². The zero-order valence-corrected chi connectivity index (χ0v) is 12.8. The first-order valence-corrected chi connectivity index (χ1v) is 7.96. The summed E-state index contributed by atoms with van der Waals surface area (Å²) in [5.74, 6) is 1.74. The van der Waals surface area contributed by atoms with Crippen LogP contribution in [0, 0.1) is 11.8 Å². The van der Waals surface area contributed by atoms with Gasteiger partial charge in [-0.3, -0.25) is 0 Å². The van der Waals surface area contributed by atoms with Gasteiger partial charge in [-0.2, -0.15) is 0 Å². The molecule has 3 atom stereocenters. The summed E-state index contributed by atoms with van der Waals surface area (Å²) in [6.45, 7) is 6.07. The summed E-state index contributed by atoms with van der Waals surface area (Å²) < 4.78 is 0. The minimum Gasteiger partial charge on any atom is -0.312 e. The average Bonchev–Trinajstić information content (AvgIpc) is 2.81. The van der Waals surface area contributed by atoms with Crippen LogP contribution in [0.4, 0.5) is 0 Å². The van der Waals surface area contributed by atoms with E-state index in [1.54, 1.807) is 0 Å². The predicted molar refractivity (Wildman–Crippen MR) is 78.9 cm³/mol. The Hall–Kier alpha value is -0.0800. The van der Waals surface area contributed by atoms with Gasteiger partial charge in [0.15, 0.2) is 0 Å². The van der Waals surface area contributed by atoms with Gasteiger partial charge in [0, 0.05) is 18.1 Å². The van der Waals surface area contributed by atoms with E-state index in [0.29, 0.717) is 5.54 Å². The molecule has 0 saturated heterocycles. The Morgan fingerprint density at radius 1 is 1.06 bits per heavy atom. The topological polar surface area (TPSA) is 15.3 Å². The zero-order chi connectivity index (χ0) is 13.2. The number of nitrogens with one attached hydrogen (secondary N) is 1. The molecule has 1 N–H and O–H groups in total. The first kappa shape index (κ1) is 14.3. The Morgan fingerprint density at radius 2 is 1.72 bits per heavy atom. The molecule has 18 heavy (non-hydrogen) atoms. The van der Waals surface area contributed by atoms with Crippen LogP contribution in [0.15, 0.2) is 0 Å². The molecule has 2 aliphatic rings. The summed E-state index contributed by atoms with van der Waals surface area (Å²) in [6, 6.07) is 0.756. The SMILES string of the molecule is CC1CCCC(NCC2(N(C)C)CCCC2)C1C. The number of nitrogens with zero attached hydrogens (tertiary/aromatic N) is 1. The van der Waals surface area contributed by atoms with Crippen molar-refractivity contribution >= 4 is 0 Å². The van der Waals surface area contributed by atoms with Crippen molar-refractivity contribution in [3.05, 3.63) is 0 Å². The van der Waals surface area contributed by atoms with Crippen LogP contribution < -0.4 is 5.32 Å². The molecule has 2 aliphatic carbocycles. The third-order valence-electron chi connectivity index (χ3n) is 5.88. The lowest BCUT2D eigenvalue weighted by atomic mass is 9.77. The van der Waals surface area contributed by atoms with Gasteiger partial charge in [0.1, 0.15) is 0 Å². The van der Waals surface area contributed by atoms with Crippen LogP contribution in [-0.4, -0.2) is 37.1 Å². The van der Waals surface area contributed by atoms with E-state index >= 15 is 0 Å². The first-order chi connectivity index (χ1) is 8.55. The molecule has 3 unspecified atom stereocenters. The fourth-order valence-corrected chi connectivity index (χ4v) is 4.01. The zero-order valence-electron chi connectivity index (χ0n) is 12.8. The van der Waals surface area contributed by atoms with Crippen LogP contribution in [-0.2, 0) is 0 Å². The van der Waals surface area contributed by atoms with Gasteiger partial charge in [0.2, 0.25) is 0 Å². The highest BCUT2D eigenvalue weighted by atomic mass is 15.2. The smallest absolute Gasteiger partial charge is 0.0327 e. The van der Waals surface area contributed by atoms with Crippen LogP contribution in [0.5, 0.6) is 0 Å². The molecule has 0 aliphatic heterocycles. The molecule has 0 radical (unpaired) electrons. The molecule has 106 valence electrons. The molecular weight excluding hydrogens is 220 g/mol. The summed E-state index contributed by atoms with van der Waals surface area (Å²) in [6.07, 6.45) is 9.81. The monoisotopic (exact) mass is 252 g/mol. The summed E-state index contributed by atoms with van der Waals surface area (Å²) in [4.78, 5) is 2.48. The Balaban J connectivity index is 1.89. The quantitative estimate of drug-likeness (QED) is 0.826. The summed E-state index contributed by atoms with van der Waals surface area (Å²) in [7, 11) is 4.53. The molecule has 0 aromatic rings. The lowest BCUT2D eigenvalue weighted by Gasteiger charge is -2.41. The van der Waals surface area contributed by atoms with Gasteiger partial charge in [0.25, 0.3) is 0 Å². The molecule has 0 aromatic heterocycles. The van der Waals surface area contributed by atoms with Crippen molar-refractivity contribution < 1.29 is 0 Å².